The van der Waals surface area contributed by atoms with E-state index in [1.54, 1.807) is 37.6 Å². The van der Waals surface area contributed by atoms with E-state index in [1.165, 1.54) is 7.11 Å². The molecule has 0 amide bonds. The van der Waals surface area contributed by atoms with Crippen LogP contribution in [0.1, 0.15) is 34.7 Å². The molecular formula is C25H24N2O5. The number of hydrogen-bond donors (Lipinski definition) is 0. The number of para-hydroxylation sites is 2. The number of methoxy groups -OCH3 is 2. The Morgan fingerprint density at radius 1 is 1.06 bits per heavy atom. The zero-order valence-corrected chi connectivity index (χ0v) is 18.2. The fourth-order valence-electron chi connectivity index (χ4n) is 3.53. The number of ether oxygens (including phenoxy) is 3. The molecule has 1 atom stereocenters. The number of ketones is 1. The number of pyridine rings is 1. The number of aromatic nitrogens is 2. The summed E-state index contributed by atoms with van der Waals surface area (Å²) in [4.78, 5) is 22.4. The molecule has 0 aliphatic carbocycles. The van der Waals surface area contributed by atoms with E-state index in [9.17, 15) is 4.79 Å². The summed E-state index contributed by atoms with van der Waals surface area (Å²) in [6.45, 7) is 2.48. The summed E-state index contributed by atoms with van der Waals surface area (Å²) in [6, 6.07) is 16.4. The van der Waals surface area contributed by atoms with Crippen LogP contribution in [0.25, 0.3) is 11.1 Å². The van der Waals surface area contributed by atoms with Gasteiger partial charge in [-0.25, -0.2) is 9.97 Å². The molecule has 0 spiro atoms. The third kappa shape index (κ3) is 4.42. The topological polar surface area (TPSA) is 83.7 Å². The second-order valence-corrected chi connectivity index (χ2v) is 7.15. The van der Waals surface area contributed by atoms with Gasteiger partial charge in [-0.05, 0) is 61.4 Å². The minimum atomic E-state index is -0.639. The highest BCUT2D eigenvalue weighted by Gasteiger charge is 2.28. The van der Waals surface area contributed by atoms with Crippen molar-refractivity contribution in [1.82, 2.24) is 9.97 Å². The molecule has 32 heavy (non-hydrogen) atoms. The van der Waals surface area contributed by atoms with E-state index in [-0.39, 0.29) is 5.78 Å². The van der Waals surface area contributed by atoms with E-state index < -0.39 is 5.92 Å². The maximum Gasteiger partial charge on any atom is 0.256 e. The Balaban J connectivity index is 1.71. The fraction of sp³-hybridized carbons (Fsp3) is 0.240. The van der Waals surface area contributed by atoms with Crippen LogP contribution in [0.2, 0.25) is 0 Å². The van der Waals surface area contributed by atoms with Gasteiger partial charge in [0.2, 0.25) is 5.89 Å². The van der Waals surface area contributed by atoms with Crippen LogP contribution in [0.15, 0.2) is 65.2 Å². The normalized spacial score (nSPS) is 11.8. The van der Waals surface area contributed by atoms with Gasteiger partial charge in [-0.2, -0.15) is 0 Å². The van der Waals surface area contributed by atoms with Crippen LogP contribution in [-0.2, 0) is 6.42 Å². The van der Waals surface area contributed by atoms with Gasteiger partial charge >= 0.3 is 0 Å². The summed E-state index contributed by atoms with van der Waals surface area (Å²) in [5.41, 5.74) is 2.69. The third-order valence-corrected chi connectivity index (χ3v) is 5.10. The van der Waals surface area contributed by atoms with Crippen LogP contribution in [0.4, 0.5) is 0 Å². The van der Waals surface area contributed by atoms with Crippen molar-refractivity contribution in [1.29, 1.82) is 0 Å². The van der Waals surface area contributed by atoms with Gasteiger partial charge in [-0.15, -0.1) is 0 Å². The Morgan fingerprint density at radius 2 is 1.84 bits per heavy atom. The molecule has 2 aromatic carbocycles. The van der Waals surface area contributed by atoms with E-state index in [0.29, 0.717) is 53.0 Å². The predicted octanol–water partition coefficient (Wildman–Crippen LogP) is 4.85. The van der Waals surface area contributed by atoms with Crippen LogP contribution in [0.5, 0.6) is 17.4 Å². The Bertz CT molecular complexity index is 1180. The van der Waals surface area contributed by atoms with Crippen molar-refractivity contribution >= 4 is 16.9 Å². The second kappa shape index (κ2) is 9.51. The van der Waals surface area contributed by atoms with E-state index in [4.69, 9.17) is 18.6 Å². The highest BCUT2D eigenvalue weighted by Crippen LogP contribution is 2.31. The summed E-state index contributed by atoms with van der Waals surface area (Å²) in [5.74, 6) is 1.21. The number of rotatable bonds is 9. The van der Waals surface area contributed by atoms with Crippen molar-refractivity contribution in [2.75, 3.05) is 20.8 Å². The minimum absolute atomic E-state index is 0.102. The molecule has 1 unspecified atom stereocenters. The van der Waals surface area contributed by atoms with Crippen LogP contribution in [0, 0.1) is 0 Å². The van der Waals surface area contributed by atoms with Crippen LogP contribution < -0.4 is 14.2 Å². The molecule has 0 saturated carbocycles. The highest BCUT2D eigenvalue weighted by atomic mass is 16.5. The number of oxazole rings is 1. The molecule has 4 rings (SSSR count). The summed E-state index contributed by atoms with van der Waals surface area (Å²) >= 11 is 0. The van der Waals surface area contributed by atoms with Crippen LogP contribution in [-0.4, -0.2) is 36.6 Å². The molecule has 0 aliphatic rings. The number of carbonyl (C=O) groups is 1. The first-order chi connectivity index (χ1) is 15.6. The summed E-state index contributed by atoms with van der Waals surface area (Å²) < 4.78 is 22.1. The van der Waals surface area contributed by atoms with Crippen LogP contribution >= 0.6 is 0 Å². The summed E-state index contributed by atoms with van der Waals surface area (Å²) in [5, 5.41) is 0. The Kier molecular flexibility index (Phi) is 6.35. The smallest absolute Gasteiger partial charge is 0.256 e. The number of fused-ring (bicyclic) bond motifs is 1. The number of carbonyl (C=O) groups excluding carboxylic acids is 1. The molecule has 0 saturated heterocycles. The number of Topliss-reactive ketones (excluding diaryl/α,β-unsaturated/α-hetero) is 1. The van der Waals surface area contributed by atoms with Crippen molar-refractivity contribution in [2.45, 2.75) is 19.3 Å². The Hall–Kier alpha value is -3.87. The maximum absolute atomic E-state index is 13.6. The summed E-state index contributed by atoms with van der Waals surface area (Å²) in [6.07, 6.45) is 2.01. The molecule has 0 aliphatic heterocycles. The molecular weight excluding hydrogens is 408 g/mol. The molecule has 7 nitrogen and oxygen atoms in total. The molecule has 0 bridgehead atoms. The van der Waals surface area contributed by atoms with Gasteiger partial charge in [0.15, 0.2) is 17.1 Å². The van der Waals surface area contributed by atoms with Crippen molar-refractivity contribution < 1.29 is 23.4 Å². The lowest BCUT2D eigenvalue weighted by atomic mass is 9.91. The van der Waals surface area contributed by atoms with Gasteiger partial charge in [0.25, 0.3) is 5.88 Å². The standard InChI is InChI=1S/C25H24N2O5/c1-4-31-18-11-9-17(10-12-18)23(28)19(24-27-20-7-5-6-8-21(20)32-24)13-16-14-22(29-2)25(30-3)26-15-16/h5-12,14-15,19H,4,13H2,1-3H3. The molecule has 0 N–H and O–H groups in total. The second-order valence-electron chi connectivity index (χ2n) is 7.15. The zero-order chi connectivity index (χ0) is 22.5. The number of hydrogen-bond acceptors (Lipinski definition) is 7. The Labute approximate surface area is 186 Å². The lowest BCUT2D eigenvalue weighted by Crippen LogP contribution is -2.16. The molecule has 0 fully saturated rings. The monoisotopic (exact) mass is 432 g/mol. The first kappa shape index (κ1) is 21.4. The minimum Gasteiger partial charge on any atom is -0.494 e. The molecule has 0 radical (unpaired) electrons. The lowest BCUT2D eigenvalue weighted by Gasteiger charge is -2.14. The largest absolute Gasteiger partial charge is 0.494 e. The maximum atomic E-state index is 13.6. The first-order valence-electron chi connectivity index (χ1n) is 10.3. The van der Waals surface area contributed by atoms with Crippen LogP contribution in [0.3, 0.4) is 0 Å². The van der Waals surface area contributed by atoms with E-state index in [0.717, 1.165) is 5.56 Å². The van der Waals surface area contributed by atoms with Crippen molar-refractivity contribution in [3.05, 3.63) is 77.8 Å². The van der Waals surface area contributed by atoms with Gasteiger partial charge in [0.05, 0.1) is 20.8 Å². The number of benzene rings is 2. The van der Waals surface area contributed by atoms with Crippen molar-refractivity contribution in [2.24, 2.45) is 0 Å². The summed E-state index contributed by atoms with van der Waals surface area (Å²) in [7, 11) is 3.08. The molecule has 2 heterocycles. The average molecular weight is 432 g/mol. The fourth-order valence-corrected chi connectivity index (χ4v) is 3.53. The zero-order valence-electron chi connectivity index (χ0n) is 18.2. The molecule has 164 valence electrons. The van der Waals surface area contributed by atoms with E-state index in [1.807, 2.05) is 37.3 Å². The van der Waals surface area contributed by atoms with Gasteiger partial charge in [0.1, 0.15) is 17.2 Å². The van der Waals surface area contributed by atoms with Gasteiger partial charge in [-0.1, -0.05) is 12.1 Å². The highest BCUT2D eigenvalue weighted by molar-refractivity contribution is 6.01. The predicted molar refractivity (Wildman–Crippen MR) is 120 cm³/mol. The first-order valence-corrected chi connectivity index (χ1v) is 10.3. The van der Waals surface area contributed by atoms with E-state index >= 15 is 0 Å². The van der Waals surface area contributed by atoms with Gasteiger partial charge < -0.3 is 18.6 Å². The van der Waals surface area contributed by atoms with Crippen molar-refractivity contribution in [3.8, 4) is 17.4 Å². The molecule has 4 aromatic rings. The van der Waals surface area contributed by atoms with Gasteiger partial charge in [0, 0.05) is 11.8 Å². The SMILES string of the molecule is CCOc1ccc(C(=O)C(Cc2cnc(OC)c(OC)c2)c2nc3ccccc3o2)cc1. The number of nitrogens with zero attached hydrogens (tertiary/aromatic N) is 2. The molecule has 2 aromatic heterocycles. The average Bonchev–Trinajstić information content (AvgIpc) is 3.26. The molecule has 7 heteroatoms. The van der Waals surface area contributed by atoms with E-state index in [2.05, 4.69) is 9.97 Å². The lowest BCUT2D eigenvalue weighted by molar-refractivity contribution is 0.0947. The Morgan fingerprint density at radius 3 is 2.53 bits per heavy atom. The quantitative estimate of drug-likeness (QED) is 0.350. The van der Waals surface area contributed by atoms with Crippen molar-refractivity contribution in [3.63, 3.8) is 0 Å². The van der Waals surface area contributed by atoms with Gasteiger partial charge in [-0.3, -0.25) is 4.79 Å². The third-order valence-electron chi connectivity index (χ3n) is 5.10.